The number of nitrogens with one attached hydrogen (secondary N) is 1. The molecular weight excluding hydrogens is 304 g/mol. The quantitative estimate of drug-likeness (QED) is 0.891. The van der Waals surface area contributed by atoms with Gasteiger partial charge < -0.3 is 11.1 Å². The summed E-state index contributed by atoms with van der Waals surface area (Å²) in [7, 11) is 0. The van der Waals surface area contributed by atoms with Gasteiger partial charge in [-0.05, 0) is 41.4 Å². The minimum Gasteiger partial charge on any atom is -0.323 e. The van der Waals surface area contributed by atoms with Crippen LogP contribution in [0.4, 0.5) is 5.69 Å². The van der Waals surface area contributed by atoms with E-state index in [-0.39, 0.29) is 5.91 Å². The summed E-state index contributed by atoms with van der Waals surface area (Å²) >= 11 is 9.27. The van der Waals surface area contributed by atoms with Gasteiger partial charge in [-0.2, -0.15) is 0 Å². The molecule has 0 spiro atoms. The molecule has 0 radical (unpaired) electrons. The molecule has 1 rings (SSSR count). The van der Waals surface area contributed by atoms with E-state index in [1.807, 2.05) is 6.92 Å². The van der Waals surface area contributed by atoms with Crippen molar-refractivity contribution in [2.75, 3.05) is 5.32 Å². The van der Waals surface area contributed by atoms with Gasteiger partial charge in [0.15, 0.2) is 0 Å². The molecule has 94 valence electrons. The average molecular weight is 320 g/mol. The Bertz CT molecular complexity index is 421. The fraction of sp³-hybridized carbons (Fsp3) is 0.417. The van der Waals surface area contributed by atoms with Gasteiger partial charge in [-0.15, -0.1) is 0 Å². The van der Waals surface area contributed by atoms with E-state index in [0.29, 0.717) is 21.6 Å². The highest BCUT2D eigenvalue weighted by atomic mass is 79.9. The molecule has 1 atom stereocenters. The summed E-state index contributed by atoms with van der Waals surface area (Å²) in [6, 6.07) is 5.29. The largest absolute Gasteiger partial charge is 0.323 e. The third-order valence-electron chi connectivity index (χ3n) is 2.49. The summed E-state index contributed by atoms with van der Waals surface area (Å²) in [6.07, 6.45) is 1.49. The second-order valence-electron chi connectivity index (χ2n) is 4.22. The molecule has 17 heavy (non-hydrogen) atoms. The minimum absolute atomic E-state index is 0.206. The van der Waals surface area contributed by atoms with Crippen LogP contribution in [0.1, 0.15) is 26.7 Å². The van der Waals surface area contributed by atoms with Gasteiger partial charge in [0.25, 0.3) is 0 Å². The van der Waals surface area contributed by atoms with Crippen LogP contribution >= 0.6 is 27.5 Å². The van der Waals surface area contributed by atoms with Gasteiger partial charge >= 0.3 is 0 Å². The molecule has 1 amide bonds. The van der Waals surface area contributed by atoms with Gasteiger partial charge in [-0.25, -0.2) is 0 Å². The molecule has 0 aliphatic heterocycles. The van der Waals surface area contributed by atoms with Crippen molar-refractivity contribution in [1.29, 1.82) is 0 Å². The van der Waals surface area contributed by atoms with E-state index in [2.05, 4.69) is 21.2 Å². The van der Waals surface area contributed by atoms with Gasteiger partial charge in [0.2, 0.25) is 5.91 Å². The maximum Gasteiger partial charge on any atom is 0.244 e. The molecule has 0 bridgehead atoms. The molecule has 0 saturated heterocycles. The Morgan fingerprint density at radius 1 is 1.59 bits per heavy atom. The zero-order valence-corrected chi connectivity index (χ0v) is 12.2. The Hall–Kier alpha value is -0.580. The number of hydrogen-bond donors (Lipinski definition) is 2. The van der Waals surface area contributed by atoms with Crippen molar-refractivity contribution >= 4 is 39.1 Å². The van der Waals surface area contributed by atoms with Crippen LogP contribution in [0.15, 0.2) is 22.7 Å². The molecule has 0 saturated carbocycles. The standard InChI is InChI=1S/C12H16BrClN2O/c1-3-7-12(2,15)11(17)16-9-6-4-5-8(14)10(9)13/h4-6H,3,7,15H2,1-2H3,(H,16,17). The van der Waals surface area contributed by atoms with E-state index in [1.165, 1.54) is 0 Å². The second kappa shape index (κ2) is 5.85. The van der Waals surface area contributed by atoms with Crippen LogP contribution in [0, 0.1) is 0 Å². The lowest BCUT2D eigenvalue weighted by Crippen LogP contribution is -2.48. The van der Waals surface area contributed by atoms with Gasteiger partial charge in [0, 0.05) is 0 Å². The van der Waals surface area contributed by atoms with Gasteiger partial charge in [0.1, 0.15) is 0 Å². The zero-order chi connectivity index (χ0) is 13.1. The number of carbonyl (C=O) groups is 1. The highest BCUT2D eigenvalue weighted by molar-refractivity contribution is 9.10. The van der Waals surface area contributed by atoms with Crippen LogP contribution in [-0.4, -0.2) is 11.4 Å². The summed E-state index contributed by atoms with van der Waals surface area (Å²) in [5.41, 5.74) is 5.72. The Morgan fingerprint density at radius 2 is 2.24 bits per heavy atom. The highest BCUT2D eigenvalue weighted by Crippen LogP contribution is 2.30. The number of amides is 1. The Morgan fingerprint density at radius 3 is 2.82 bits per heavy atom. The lowest BCUT2D eigenvalue weighted by molar-refractivity contribution is -0.120. The Labute approximate surface area is 115 Å². The zero-order valence-electron chi connectivity index (χ0n) is 9.89. The smallest absolute Gasteiger partial charge is 0.244 e. The van der Waals surface area contributed by atoms with Crippen molar-refractivity contribution in [2.24, 2.45) is 5.73 Å². The number of anilines is 1. The van der Waals surface area contributed by atoms with Crippen molar-refractivity contribution in [1.82, 2.24) is 0 Å². The van der Waals surface area contributed by atoms with Crippen LogP contribution in [0.3, 0.4) is 0 Å². The van der Waals surface area contributed by atoms with Crippen LogP contribution in [0.2, 0.25) is 5.02 Å². The molecule has 0 heterocycles. The first kappa shape index (κ1) is 14.5. The van der Waals surface area contributed by atoms with Crippen LogP contribution in [0.25, 0.3) is 0 Å². The Kier molecular flexibility index (Phi) is 4.98. The van der Waals surface area contributed by atoms with E-state index in [0.717, 1.165) is 6.42 Å². The fourth-order valence-corrected chi connectivity index (χ4v) is 2.04. The summed E-state index contributed by atoms with van der Waals surface area (Å²) in [5.74, 6) is -0.206. The van der Waals surface area contributed by atoms with Crippen LogP contribution in [0.5, 0.6) is 0 Å². The van der Waals surface area contributed by atoms with Crippen molar-refractivity contribution in [3.63, 3.8) is 0 Å². The third kappa shape index (κ3) is 3.69. The van der Waals surface area contributed by atoms with Crippen molar-refractivity contribution in [3.05, 3.63) is 27.7 Å². The highest BCUT2D eigenvalue weighted by Gasteiger charge is 2.27. The normalized spacial score (nSPS) is 14.2. The van der Waals surface area contributed by atoms with E-state index in [9.17, 15) is 4.79 Å². The van der Waals surface area contributed by atoms with Gasteiger partial charge in [-0.1, -0.05) is 31.0 Å². The number of benzene rings is 1. The molecule has 1 aromatic rings. The van der Waals surface area contributed by atoms with E-state index >= 15 is 0 Å². The predicted octanol–water partition coefficient (Wildman–Crippen LogP) is 3.56. The molecule has 0 aromatic heterocycles. The number of carbonyl (C=O) groups excluding carboxylic acids is 1. The van der Waals surface area contributed by atoms with Crippen LogP contribution in [-0.2, 0) is 4.79 Å². The summed E-state index contributed by atoms with van der Waals surface area (Å²) < 4.78 is 0.669. The molecule has 0 fully saturated rings. The number of hydrogen-bond acceptors (Lipinski definition) is 2. The number of rotatable bonds is 4. The molecule has 0 aliphatic rings. The topological polar surface area (TPSA) is 55.1 Å². The van der Waals surface area contributed by atoms with Gasteiger partial charge in [0.05, 0.1) is 20.7 Å². The maximum absolute atomic E-state index is 12.0. The second-order valence-corrected chi connectivity index (χ2v) is 5.42. The summed E-state index contributed by atoms with van der Waals surface area (Å²) in [6.45, 7) is 3.72. The molecule has 1 aromatic carbocycles. The van der Waals surface area contributed by atoms with Crippen molar-refractivity contribution < 1.29 is 4.79 Å². The monoisotopic (exact) mass is 318 g/mol. The Balaban J connectivity index is 2.85. The predicted molar refractivity (Wildman–Crippen MR) is 75.3 cm³/mol. The van der Waals surface area contributed by atoms with Crippen LogP contribution < -0.4 is 11.1 Å². The van der Waals surface area contributed by atoms with E-state index in [4.69, 9.17) is 17.3 Å². The van der Waals surface area contributed by atoms with E-state index < -0.39 is 5.54 Å². The first-order valence-corrected chi connectivity index (χ1v) is 6.60. The SMILES string of the molecule is CCCC(C)(N)C(=O)Nc1cccc(Cl)c1Br. The molecule has 3 N–H and O–H groups in total. The molecule has 3 nitrogen and oxygen atoms in total. The molecular formula is C12H16BrClN2O. The molecule has 5 heteroatoms. The first-order chi connectivity index (χ1) is 7.88. The maximum atomic E-state index is 12.0. The first-order valence-electron chi connectivity index (χ1n) is 5.43. The lowest BCUT2D eigenvalue weighted by atomic mass is 9.96. The minimum atomic E-state index is -0.865. The lowest BCUT2D eigenvalue weighted by Gasteiger charge is -2.23. The third-order valence-corrected chi connectivity index (χ3v) is 3.89. The van der Waals surface area contributed by atoms with Gasteiger partial charge in [-0.3, -0.25) is 4.79 Å². The van der Waals surface area contributed by atoms with Crippen molar-refractivity contribution in [3.8, 4) is 0 Å². The summed E-state index contributed by atoms with van der Waals surface area (Å²) in [4.78, 5) is 12.0. The average Bonchev–Trinajstić information content (AvgIpc) is 2.24. The fourth-order valence-electron chi connectivity index (χ4n) is 1.50. The van der Waals surface area contributed by atoms with Crippen molar-refractivity contribution in [2.45, 2.75) is 32.2 Å². The molecule has 0 aliphatic carbocycles. The number of nitrogens with two attached hydrogens (primary N) is 1. The number of halogens is 2. The summed E-state index contributed by atoms with van der Waals surface area (Å²) in [5, 5.41) is 3.33. The molecule has 1 unspecified atom stereocenters. The van der Waals surface area contributed by atoms with E-state index in [1.54, 1.807) is 25.1 Å².